The van der Waals surface area contributed by atoms with Crippen LogP contribution in [0.3, 0.4) is 0 Å². The maximum atomic E-state index is 6.50. The SMILES string of the molecule is CCCCO[PH](OCCCC)(Oc1ccccc1)c1ccc(CCCC)cc1. The second-order valence-corrected chi connectivity index (χ2v) is 9.65. The summed E-state index contributed by atoms with van der Waals surface area (Å²) in [6.07, 6.45) is 7.69. The third-order valence-electron chi connectivity index (χ3n) is 4.70. The molecule has 2 aromatic rings. The molecule has 3 nitrogen and oxygen atoms in total. The van der Waals surface area contributed by atoms with Crippen LogP contribution in [-0.2, 0) is 15.5 Å². The Morgan fingerprint density at radius 2 is 1.25 bits per heavy atom. The van der Waals surface area contributed by atoms with Gasteiger partial charge in [-0.2, -0.15) is 0 Å². The predicted octanol–water partition coefficient (Wildman–Crippen LogP) is 6.86. The first-order valence-corrected chi connectivity index (χ1v) is 12.6. The van der Waals surface area contributed by atoms with E-state index in [0.717, 1.165) is 43.2 Å². The Bertz CT molecular complexity index is 633. The Hall–Kier alpha value is -1.41. The molecule has 0 radical (unpaired) electrons. The summed E-state index contributed by atoms with van der Waals surface area (Å²) in [5, 5.41) is 1.05. The molecule has 4 heteroatoms. The first kappa shape index (κ1) is 22.9. The number of para-hydroxylation sites is 1. The molecule has 28 heavy (non-hydrogen) atoms. The van der Waals surface area contributed by atoms with Crippen molar-refractivity contribution in [1.82, 2.24) is 0 Å². The Labute approximate surface area is 172 Å². The molecule has 0 bridgehead atoms. The first-order chi connectivity index (χ1) is 13.7. The monoisotopic (exact) mass is 404 g/mol. The molecule has 156 valence electrons. The molecule has 0 unspecified atom stereocenters. The number of hydrogen-bond donors (Lipinski definition) is 0. The van der Waals surface area contributed by atoms with Crippen molar-refractivity contribution >= 4 is 13.2 Å². The van der Waals surface area contributed by atoms with Crippen LogP contribution in [0.1, 0.15) is 64.9 Å². The van der Waals surface area contributed by atoms with Gasteiger partial charge >= 0.3 is 172 Å². The van der Waals surface area contributed by atoms with E-state index in [9.17, 15) is 0 Å². The molecule has 0 amide bonds. The Morgan fingerprint density at radius 3 is 1.79 bits per heavy atom. The molecule has 0 N–H and O–H groups in total. The Kier molecular flexibility index (Phi) is 10.6. The van der Waals surface area contributed by atoms with E-state index >= 15 is 0 Å². The van der Waals surface area contributed by atoms with Crippen molar-refractivity contribution in [2.45, 2.75) is 65.7 Å². The van der Waals surface area contributed by atoms with Crippen LogP contribution in [0.5, 0.6) is 5.75 Å². The summed E-state index contributed by atoms with van der Waals surface area (Å²) in [7, 11) is -3.04. The summed E-state index contributed by atoms with van der Waals surface area (Å²) < 4.78 is 19.3. The standard InChI is InChI=1S/C24H37O3P/c1-4-7-13-22-16-18-24(19-17-22)28(25-20-8-5-2,26-21-9-6-3)27-23-14-11-10-12-15-23/h10-12,14-19,28H,4-9,13,20-21H2,1-3H3. The summed E-state index contributed by atoms with van der Waals surface area (Å²) >= 11 is 0. The molecule has 0 saturated heterocycles. The summed E-state index contributed by atoms with van der Waals surface area (Å²) in [4.78, 5) is 0. The molecule has 0 atom stereocenters. The fourth-order valence-corrected chi connectivity index (χ4v) is 5.43. The second-order valence-electron chi connectivity index (χ2n) is 7.18. The van der Waals surface area contributed by atoms with Gasteiger partial charge in [-0.1, -0.05) is 0 Å². The first-order valence-electron chi connectivity index (χ1n) is 10.9. The van der Waals surface area contributed by atoms with Crippen molar-refractivity contribution in [1.29, 1.82) is 0 Å². The van der Waals surface area contributed by atoms with E-state index < -0.39 is 7.94 Å². The van der Waals surface area contributed by atoms with E-state index in [0.29, 0.717) is 13.2 Å². The Morgan fingerprint density at radius 1 is 0.679 bits per heavy atom. The van der Waals surface area contributed by atoms with Crippen molar-refractivity contribution in [3.05, 3.63) is 60.2 Å². The van der Waals surface area contributed by atoms with Gasteiger partial charge in [-0.05, 0) is 0 Å². The van der Waals surface area contributed by atoms with Gasteiger partial charge < -0.3 is 0 Å². The zero-order valence-corrected chi connectivity index (χ0v) is 18.8. The van der Waals surface area contributed by atoms with E-state index in [-0.39, 0.29) is 0 Å². The van der Waals surface area contributed by atoms with Gasteiger partial charge in [0.2, 0.25) is 0 Å². The van der Waals surface area contributed by atoms with Gasteiger partial charge in [0.1, 0.15) is 0 Å². The van der Waals surface area contributed by atoms with Crippen LogP contribution in [0.15, 0.2) is 54.6 Å². The van der Waals surface area contributed by atoms with Gasteiger partial charge in [0.05, 0.1) is 0 Å². The summed E-state index contributed by atoms with van der Waals surface area (Å²) in [5.41, 5.74) is 1.36. The van der Waals surface area contributed by atoms with E-state index in [1.54, 1.807) is 0 Å². The van der Waals surface area contributed by atoms with Gasteiger partial charge in [0.15, 0.2) is 0 Å². The van der Waals surface area contributed by atoms with Crippen LogP contribution in [0.2, 0.25) is 0 Å². The van der Waals surface area contributed by atoms with Crippen molar-refractivity contribution < 1.29 is 13.6 Å². The number of hydrogen-bond acceptors (Lipinski definition) is 3. The molecular formula is C24H37O3P. The fourth-order valence-electron chi connectivity index (χ4n) is 2.93. The molecule has 0 aliphatic heterocycles. The molecule has 0 fully saturated rings. The average molecular weight is 405 g/mol. The van der Waals surface area contributed by atoms with Gasteiger partial charge in [-0.3, -0.25) is 0 Å². The number of benzene rings is 2. The third kappa shape index (κ3) is 7.20. The van der Waals surface area contributed by atoms with E-state index in [1.165, 1.54) is 18.4 Å². The molecule has 0 heterocycles. The number of unbranched alkanes of at least 4 members (excludes halogenated alkanes) is 3. The molecule has 2 aromatic carbocycles. The normalized spacial score (nSPS) is 12.1. The quantitative estimate of drug-likeness (QED) is 0.254. The zero-order valence-electron chi connectivity index (χ0n) is 17.8. The van der Waals surface area contributed by atoms with Crippen LogP contribution in [0, 0.1) is 0 Å². The maximum absolute atomic E-state index is 6.50. The van der Waals surface area contributed by atoms with Gasteiger partial charge in [-0.15, -0.1) is 0 Å². The third-order valence-corrected chi connectivity index (χ3v) is 7.42. The zero-order chi connectivity index (χ0) is 20.1. The van der Waals surface area contributed by atoms with E-state index in [4.69, 9.17) is 13.6 Å². The van der Waals surface area contributed by atoms with Crippen molar-refractivity contribution in [3.63, 3.8) is 0 Å². The van der Waals surface area contributed by atoms with Gasteiger partial charge in [0.25, 0.3) is 0 Å². The molecular weight excluding hydrogens is 367 g/mol. The van der Waals surface area contributed by atoms with Crippen LogP contribution >= 0.6 is 7.94 Å². The van der Waals surface area contributed by atoms with Crippen molar-refractivity contribution in [2.75, 3.05) is 13.2 Å². The van der Waals surface area contributed by atoms with Crippen molar-refractivity contribution in [3.8, 4) is 5.75 Å². The van der Waals surface area contributed by atoms with Crippen LogP contribution in [-0.4, -0.2) is 13.2 Å². The van der Waals surface area contributed by atoms with Crippen LogP contribution < -0.4 is 9.83 Å². The summed E-state index contributed by atoms with van der Waals surface area (Å²) in [6, 6.07) is 18.6. The summed E-state index contributed by atoms with van der Waals surface area (Å²) in [5.74, 6) is 0.803. The van der Waals surface area contributed by atoms with Crippen LogP contribution in [0.25, 0.3) is 0 Å². The fraction of sp³-hybridized carbons (Fsp3) is 0.500. The molecule has 0 aliphatic carbocycles. The van der Waals surface area contributed by atoms with E-state index in [1.807, 2.05) is 30.3 Å². The van der Waals surface area contributed by atoms with Gasteiger partial charge in [-0.25, -0.2) is 0 Å². The number of rotatable bonds is 14. The average Bonchev–Trinajstić information content (AvgIpc) is 2.73. The minimum atomic E-state index is -3.04. The second kappa shape index (κ2) is 12.9. The van der Waals surface area contributed by atoms with Crippen LogP contribution in [0.4, 0.5) is 0 Å². The van der Waals surface area contributed by atoms with Crippen molar-refractivity contribution in [2.24, 2.45) is 0 Å². The Balaban J connectivity index is 2.31. The topological polar surface area (TPSA) is 27.7 Å². The molecule has 2 rings (SSSR count). The van der Waals surface area contributed by atoms with E-state index in [2.05, 4.69) is 45.0 Å². The number of aryl methyl sites for hydroxylation is 1. The molecule has 0 spiro atoms. The molecule has 0 aliphatic rings. The van der Waals surface area contributed by atoms with Gasteiger partial charge in [0, 0.05) is 0 Å². The summed E-state index contributed by atoms with van der Waals surface area (Å²) in [6.45, 7) is 7.87. The molecule has 0 aromatic heterocycles. The predicted molar refractivity (Wildman–Crippen MR) is 122 cm³/mol. The molecule has 0 saturated carbocycles. The minimum absolute atomic E-state index is 0.652.